The topological polar surface area (TPSA) is 40.6 Å². The third kappa shape index (κ3) is 4.04. The van der Waals surface area contributed by atoms with Gasteiger partial charge in [-0.1, -0.05) is 36.2 Å². The second kappa shape index (κ2) is 8.18. The van der Waals surface area contributed by atoms with Gasteiger partial charge in [0, 0.05) is 22.9 Å². The largest absolute Gasteiger partial charge is 0.330 e. The van der Waals surface area contributed by atoms with Crippen LogP contribution in [0.5, 0.6) is 0 Å². The molecular formula is C25H32N2O2S. The Balaban J connectivity index is 1.62. The lowest BCUT2D eigenvalue weighted by Crippen LogP contribution is -2.54. The van der Waals surface area contributed by atoms with Gasteiger partial charge in [0.15, 0.2) is 0 Å². The fourth-order valence-corrected chi connectivity index (χ4v) is 5.34. The van der Waals surface area contributed by atoms with E-state index in [-0.39, 0.29) is 35.9 Å². The first-order chi connectivity index (χ1) is 14.3. The van der Waals surface area contributed by atoms with Crippen LogP contribution in [0.15, 0.2) is 35.7 Å². The highest BCUT2D eigenvalue weighted by Crippen LogP contribution is 2.38. The molecule has 1 atom stereocenters. The van der Waals surface area contributed by atoms with E-state index in [0.717, 1.165) is 31.2 Å². The molecule has 1 aromatic heterocycles. The van der Waals surface area contributed by atoms with Crippen LogP contribution < -0.4 is 0 Å². The number of amides is 2. The van der Waals surface area contributed by atoms with E-state index in [0.29, 0.717) is 6.54 Å². The van der Waals surface area contributed by atoms with E-state index >= 15 is 0 Å². The van der Waals surface area contributed by atoms with Crippen molar-refractivity contribution in [3.8, 4) is 0 Å². The number of fused-ring (bicyclic) bond motifs is 1. The molecule has 1 aliphatic heterocycles. The summed E-state index contributed by atoms with van der Waals surface area (Å²) < 4.78 is 0. The molecule has 0 spiro atoms. The zero-order valence-electron chi connectivity index (χ0n) is 18.5. The summed E-state index contributed by atoms with van der Waals surface area (Å²) in [4.78, 5) is 31.9. The minimum atomic E-state index is -0.370. The van der Waals surface area contributed by atoms with Crippen molar-refractivity contribution in [1.29, 1.82) is 0 Å². The van der Waals surface area contributed by atoms with Crippen LogP contribution in [0.1, 0.15) is 67.6 Å². The lowest BCUT2D eigenvalue weighted by Gasteiger charge is -2.42. The monoisotopic (exact) mass is 424 g/mol. The Kier molecular flexibility index (Phi) is 5.75. The van der Waals surface area contributed by atoms with Gasteiger partial charge in [-0.2, -0.15) is 0 Å². The van der Waals surface area contributed by atoms with E-state index in [2.05, 4.69) is 42.6 Å². The van der Waals surface area contributed by atoms with E-state index in [4.69, 9.17) is 0 Å². The number of hydrogen-bond donors (Lipinski definition) is 0. The average molecular weight is 425 g/mol. The molecule has 0 unspecified atom stereocenters. The molecule has 1 aromatic carbocycles. The van der Waals surface area contributed by atoms with Crippen molar-refractivity contribution in [1.82, 2.24) is 9.80 Å². The molecule has 1 fully saturated rings. The fourth-order valence-electron chi connectivity index (χ4n) is 4.44. The van der Waals surface area contributed by atoms with Gasteiger partial charge in [0.2, 0.25) is 11.8 Å². The number of nitrogens with zero attached hydrogens (tertiary/aromatic N) is 2. The predicted octanol–water partition coefficient (Wildman–Crippen LogP) is 4.96. The molecule has 30 heavy (non-hydrogen) atoms. The molecule has 4 rings (SSSR count). The van der Waals surface area contributed by atoms with Crippen molar-refractivity contribution in [3.05, 3.63) is 57.3 Å². The van der Waals surface area contributed by atoms with E-state index in [1.54, 1.807) is 11.3 Å². The molecule has 0 N–H and O–H groups in total. The van der Waals surface area contributed by atoms with Crippen LogP contribution in [0.25, 0.3) is 0 Å². The Morgan fingerprint density at radius 2 is 1.83 bits per heavy atom. The third-order valence-electron chi connectivity index (χ3n) is 6.50. The summed E-state index contributed by atoms with van der Waals surface area (Å²) in [5.41, 5.74) is 3.21. The molecule has 1 aliphatic carbocycles. The quantitative estimate of drug-likeness (QED) is 0.696. The van der Waals surface area contributed by atoms with Gasteiger partial charge in [-0.25, -0.2) is 0 Å². The number of carbonyl (C=O) groups is 2. The van der Waals surface area contributed by atoms with Crippen LogP contribution in [0.3, 0.4) is 0 Å². The Bertz CT molecular complexity index is 921. The molecule has 0 radical (unpaired) electrons. The molecule has 2 aromatic rings. The average Bonchev–Trinajstić information content (AvgIpc) is 3.12. The maximum atomic E-state index is 13.6. The van der Waals surface area contributed by atoms with E-state index in [9.17, 15) is 9.59 Å². The highest BCUT2D eigenvalue weighted by molar-refractivity contribution is 7.10. The lowest BCUT2D eigenvalue weighted by molar-refractivity contribution is -0.150. The molecule has 0 bridgehead atoms. The normalized spacial score (nSPS) is 19.2. The lowest BCUT2D eigenvalue weighted by atomic mass is 9.83. The van der Waals surface area contributed by atoms with Crippen LogP contribution in [0.4, 0.5) is 0 Å². The van der Waals surface area contributed by atoms with Crippen LogP contribution in [-0.4, -0.2) is 40.2 Å². The first-order valence-electron chi connectivity index (χ1n) is 11.0. The molecule has 160 valence electrons. The van der Waals surface area contributed by atoms with Crippen molar-refractivity contribution >= 4 is 23.2 Å². The number of rotatable bonds is 4. The number of aryl methyl sites for hydroxylation is 1. The van der Waals surface area contributed by atoms with E-state index in [1.165, 1.54) is 16.0 Å². The zero-order chi connectivity index (χ0) is 21.5. The Morgan fingerprint density at radius 1 is 1.13 bits per heavy atom. The molecule has 2 heterocycles. The summed E-state index contributed by atoms with van der Waals surface area (Å²) in [6.07, 6.45) is 3.90. The van der Waals surface area contributed by atoms with Gasteiger partial charge in [0.1, 0.15) is 6.54 Å². The third-order valence-corrected chi connectivity index (χ3v) is 7.50. The fraction of sp³-hybridized carbons (Fsp3) is 0.520. The van der Waals surface area contributed by atoms with Crippen molar-refractivity contribution in [2.45, 2.75) is 65.0 Å². The molecule has 2 amide bonds. The highest BCUT2D eigenvalue weighted by atomic mass is 32.1. The molecule has 1 saturated carbocycles. The number of hydrogen-bond acceptors (Lipinski definition) is 3. The van der Waals surface area contributed by atoms with Gasteiger partial charge in [0.25, 0.3) is 0 Å². The smallest absolute Gasteiger partial charge is 0.243 e. The summed E-state index contributed by atoms with van der Waals surface area (Å²) in [6, 6.07) is 10.6. The van der Waals surface area contributed by atoms with Gasteiger partial charge in [-0.3, -0.25) is 9.59 Å². The molecule has 2 aliphatic rings. The number of benzene rings is 1. The molecule has 0 saturated heterocycles. The van der Waals surface area contributed by atoms with Crippen LogP contribution in [-0.2, 0) is 16.0 Å². The maximum absolute atomic E-state index is 13.6. The summed E-state index contributed by atoms with van der Waals surface area (Å²) >= 11 is 1.78. The van der Waals surface area contributed by atoms with Crippen molar-refractivity contribution in [2.24, 2.45) is 5.92 Å². The number of carbonyl (C=O) groups excluding carboxylic acids is 2. The van der Waals surface area contributed by atoms with E-state index in [1.807, 2.05) is 30.6 Å². The van der Waals surface area contributed by atoms with Gasteiger partial charge in [-0.15, -0.1) is 11.3 Å². The minimum absolute atomic E-state index is 0.0417. The Morgan fingerprint density at radius 3 is 2.43 bits per heavy atom. The second-order valence-electron chi connectivity index (χ2n) is 9.67. The summed E-state index contributed by atoms with van der Waals surface area (Å²) in [5.74, 6) is 0.275. The van der Waals surface area contributed by atoms with Gasteiger partial charge in [0.05, 0.1) is 6.04 Å². The predicted molar refractivity (Wildman–Crippen MR) is 122 cm³/mol. The summed E-state index contributed by atoms with van der Waals surface area (Å²) in [5, 5.41) is 2.13. The van der Waals surface area contributed by atoms with Crippen molar-refractivity contribution < 1.29 is 9.59 Å². The zero-order valence-corrected chi connectivity index (χ0v) is 19.3. The SMILES string of the molecule is Cc1ccc([C@@H]2c3ccsc3CCN2C(=O)CN(C(=O)C2CCC2)C(C)(C)C)cc1. The highest BCUT2D eigenvalue weighted by Gasteiger charge is 2.39. The maximum Gasteiger partial charge on any atom is 0.243 e. The molecule has 4 nitrogen and oxygen atoms in total. The Labute approximate surface area is 183 Å². The van der Waals surface area contributed by atoms with Gasteiger partial charge < -0.3 is 9.80 Å². The summed E-state index contributed by atoms with van der Waals surface area (Å²) in [6.45, 7) is 9.02. The molecular weight excluding hydrogens is 392 g/mol. The standard InChI is InChI=1S/C25H32N2O2S/c1-17-8-10-18(11-9-17)23-20-13-15-30-21(20)12-14-26(23)22(28)16-27(25(2,3)4)24(29)19-6-5-7-19/h8-11,13,15,19,23H,5-7,12,14,16H2,1-4H3/t23-/m1/s1. The van der Waals surface area contributed by atoms with Crippen LogP contribution >= 0.6 is 11.3 Å². The minimum Gasteiger partial charge on any atom is -0.330 e. The molecule has 5 heteroatoms. The first-order valence-corrected chi connectivity index (χ1v) is 11.9. The number of thiophene rings is 1. The summed E-state index contributed by atoms with van der Waals surface area (Å²) in [7, 11) is 0. The van der Waals surface area contributed by atoms with Crippen molar-refractivity contribution in [2.75, 3.05) is 13.1 Å². The van der Waals surface area contributed by atoms with Crippen LogP contribution in [0, 0.1) is 12.8 Å². The van der Waals surface area contributed by atoms with Gasteiger partial charge >= 0.3 is 0 Å². The van der Waals surface area contributed by atoms with E-state index < -0.39 is 0 Å². The van der Waals surface area contributed by atoms with Crippen LogP contribution in [0.2, 0.25) is 0 Å². The van der Waals surface area contributed by atoms with Gasteiger partial charge in [-0.05, 0) is 69.5 Å². The van der Waals surface area contributed by atoms with Crippen molar-refractivity contribution in [3.63, 3.8) is 0 Å². The Hall–Kier alpha value is -2.14. The second-order valence-corrected chi connectivity index (χ2v) is 10.7. The first kappa shape index (κ1) is 21.1.